The van der Waals surface area contributed by atoms with Crippen LogP contribution in [-0.4, -0.2) is 101 Å². The first-order valence-electron chi connectivity index (χ1n) is 15.7. The van der Waals surface area contributed by atoms with E-state index in [4.69, 9.17) is 55.9 Å². The van der Waals surface area contributed by atoms with Crippen LogP contribution in [0.3, 0.4) is 0 Å². The number of hydrogen-bond acceptors (Lipinski definition) is 13. The van der Waals surface area contributed by atoms with Crippen LogP contribution >= 0.6 is 24.0 Å². The molecule has 0 spiro atoms. The van der Waals surface area contributed by atoms with Gasteiger partial charge in [0.1, 0.15) is 55.9 Å². The number of halogens is 3. The highest BCUT2D eigenvalue weighted by Gasteiger charge is 2.14. The molecule has 5 aromatic rings. The van der Waals surface area contributed by atoms with Crippen LogP contribution in [0.15, 0.2) is 55.1 Å². The molecule has 0 saturated carbocycles. The summed E-state index contributed by atoms with van der Waals surface area (Å²) in [5.41, 5.74) is 2.11. The molecule has 0 fully saturated rings. The van der Waals surface area contributed by atoms with E-state index in [1.807, 2.05) is 0 Å². The zero-order chi connectivity index (χ0) is 36.4. The number of benzene rings is 3. The molecule has 13 nitrogen and oxygen atoms in total. The molecular weight excluding hydrogens is 720 g/mol. The molecular formula is C36H40Cl2FN5O8. The van der Waals surface area contributed by atoms with Crippen molar-refractivity contribution in [3.05, 3.63) is 71.7 Å². The number of rotatable bonds is 18. The predicted molar refractivity (Wildman–Crippen MR) is 198 cm³/mol. The van der Waals surface area contributed by atoms with Gasteiger partial charge in [-0.15, -0.1) is 18.8 Å². The van der Waals surface area contributed by atoms with E-state index >= 15 is 0 Å². The third kappa shape index (κ3) is 11.9. The molecule has 0 bridgehead atoms. The highest BCUT2D eigenvalue weighted by molar-refractivity contribution is 6.34. The van der Waals surface area contributed by atoms with Gasteiger partial charge in [-0.1, -0.05) is 17.5 Å². The van der Waals surface area contributed by atoms with Crippen molar-refractivity contribution in [1.29, 1.82) is 0 Å². The highest BCUT2D eigenvalue weighted by atomic mass is 35.5. The summed E-state index contributed by atoms with van der Waals surface area (Å²) in [6.07, 6.45) is 8.20. The number of methoxy groups -OCH3 is 4. The second-order valence-electron chi connectivity index (χ2n) is 10.3. The number of ether oxygens (including phenoxy) is 8. The van der Waals surface area contributed by atoms with Crippen LogP contribution in [-0.2, 0) is 18.9 Å². The molecule has 0 amide bonds. The zero-order valence-corrected chi connectivity index (χ0v) is 30.7. The van der Waals surface area contributed by atoms with Crippen molar-refractivity contribution in [1.82, 2.24) is 19.9 Å². The van der Waals surface area contributed by atoms with Crippen molar-refractivity contribution in [3.63, 3.8) is 0 Å². The Labute approximate surface area is 312 Å². The summed E-state index contributed by atoms with van der Waals surface area (Å²) in [5.74, 6) is 4.62. The SMILES string of the molecule is C#Cc1cc(Nc2ncnc3cc(OCCOC)c(OCCOC)cc23)ccc1F.COCCOc1cc2ncnc(Cl)c2cc1OCCOC.Cl. The van der Waals surface area contributed by atoms with E-state index in [2.05, 4.69) is 31.2 Å². The van der Waals surface area contributed by atoms with Crippen LogP contribution in [0.1, 0.15) is 5.56 Å². The van der Waals surface area contributed by atoms with Gasteiger partial charge in [0.25, 0.3) is 0 Å². The van der Waals surface area contributed by atoms with Gasteiger partial charge < -0.3 is 43.2 Å². The third-order valence-electron chi connectivity index (χ3n) is 6.92. The van der Waals surface area contributed by atoms with E-state index in [0.717, 1.165) is 0 Å². The summed E-state index contributed by atoms with van der Waals surface area (Å²) < 4.78 is 56.7. The highest BCUT2D eigenvalue weighted by Crippen LogP contribution is 2.36. The fourth-order valence-corrected chi connectivity index (χ4v) is 4.63. The first-order valence-corrected chi connectivity index (χ1v) is 16.0. The number of terminal acetylenes is 1. The van der Waals surface area contributed by atoms with E-state index in [-0.39, 0.29) is 18.0 Å². The number of fused-ring (bicyclic) bond motifs is 2. The maximum atomic E-state index is 13.7. The molecule has 0 radical (unpaired) electrons. The molecule has 0 aliphatic rings. The molecule has 0 aliphatic carbocycles. The van der Waals surface area contributed by atoms with Gasteiger partial charge in [0.05, 0.1) is 43.0 Å². The molecule has 0 saturated heterocycles. The average molecular weight is 761 g/mol. The van der Waals surface area contributed by atoms with Gasteiger partial charge >= 0.3 is 0 Å². The summed E-state index contributed by atoms with van der Waals surface area (Å²) in [5, 5.41) is 4.95. The molecule has 5 rings (SSSR count). The van der Waals surface area contributed by atoms with Crippen molar-refractivity contribution in [2.45, 2.75) is 0 Å². The third-order valence-corrected chi connectivity index (χ3v) is 7.22. The summed E-state index contributed by atoms with van der Waals surface area (Å²) in [6.45, 7) is 3.38. The largest absolute Gasteiger partial charge is 0.487 e. The molecule has 0 unspecified atom stereocenters. The van der Waals surface area contributed by atoms with Gasteiger partial charge in [-0.3, -0.25) is 0 Å². The second-order valence-corrected chi connectivity index (χ2v) is 10.7. The molecule has 2 heterocycles. The van der Waals surface area contributed by atoms with Gasteiger partial charge in [0.15, 0.2) is 23.0 Å². The van der Waals surface area contributed by atoms with Gasteiger partial charge in [0, 0.05) is 57.0 Å². The Balaban J connectivity index is 0.000000292. The first-order chi connectivity index (χ1) is 24.9. The average Bonchev–Trinajstić information content (AvgIpc) is 3.14. The Morgan fingerprint density at radius 2 is 1.10 bits per heavy atom. The van der Waals surface area contributed by atoms with E-state index in [9.17, 15) is 4.39 Å². The predicted octanol–water partition coefficient (Wildman–Crippen LogP) is 6.30. The van der Waals surface area contributed by atoms with Crippen LogP contribution in [0.25, 0.3) is 21.8 Å². The first kappa shape index (κ1) is 41.7. The van der Waals surface area contributed by atoms with E-state index < -0.39 is 5.82 Å². The van der Waals surface area contributed by atoms with Gasteiger partial charge in [-0.05, 0) is 30.3 Å². The summed E-state index contributed by atoms with van der Waals surface area (Å²) in [7, 11) is 6.44. The maximum absolute atomic E-state index is 13.7. The minimum atomic E-state index is -0.456. The Morgan fingerprint density at radius 3 is 1.60 bits per heavy atom. The number of nitrogens with one attached hydrogen (secondary N) is 1. The normalized spacial score (nSPS) is 10.5. The van der Waals surface area contributed by atoms with Gasteiger partial charge in [-0.2, -0.15) is 0 Å². The lowest BCUT2D eigenvalue weighted by molar-refractivity contribution is 0.132. The standard InChI is InChI=1S/C22H22FN3O4.C14H17ClN2O4.ClH/c1-4-15-11-16(5-6-18(15)23)26-22-17-12-20(29-9-7-27-2)21(30-10-8-28-3)13-19(17)24-14-25-22;1-18-3-5-20-12-7-10-11(16-9-17-14(10)15)8-13(12)21-6-4-19-2;/h1,5-6,11-14H,7-10H2,2-3H3,(H,24,25,26);7-9H,3-6H2,1-2H3;1H. The van der Waals surface area contributed by atoms with Crippen molar-refractivity contribution in [2.75, 3.05) is 86.6 Å². The van der Waals surface area contributed by atoms with Crippen LogP contribution in [0, 0.1) is 18.2 Å². The lowest BCUT2D eigenvalue weighted by Crippen LogP contribution is -2.09. The van der Waals surface area contributed by atoms with E-state index in [0.29, 0.717) is 114 Å². The monoisotopic (exact) mass is 759 g/mol. The smallest absolute Gasteiger partial charge is 0.163 e. The Bertz CT molecular complexity index is 1920. The molecule has 3 aromatic carbocycles. The van der Waals surface area contributed by atoms with Crippen LogP contribution in [0.4, 0.5) is 15.9 Å². The fourth-order valence-electron chi connectivity index (χ4n) is 4.44. The van der Waals surface area contributed by atoms with Crippen molar-refractivity contribution >= 4 is 57.3 Å². The molecule has 278 valence electrons. The van der Waals surface area contributed by atoms with Gasteiger partial charge in [0.2, 0.25) is 0 Å². The van der Waals surface area contributed by atoms with E-state index in [1.54, 1.807) is 64.8 Å². The zero-order valence-electron chi connectivity index (χ0n) is 29.1. The van der Waals surface area contributed by atoms with Crippen molar-refractivity contribution in [2.24, 2.45) is 0 Å². The molecule has 2 aromatic heterocycles. The number of nitrogens with zero attached hydrogens (tertiary/aromatic N) is 4. The quantitative estimate of drug-likeness (QED) is 0.0609. The minimum Gasteiger partial charge on any atom is -0.487 e. The molecule has 0 atom stereocenters. The number of aromatic nitrogens is 4. The Hall–Kier alpha value is -4.75. The molecule has 1 N–H and O–H groups in total. The van der Waals surface area contributed by atoms with Gasteiger partial charge in [-0.25, -0.2) is 24.3 Å². The molecule has 0 aliphatic heterocycles. The molecule has 52 heavy (non-hydrogen) atoms. The lowest BCUT2D eigenvalue weighted by atomic mass is 10.1. The number of anilines is 2. The van der Waals surface area contributed by atoms with Crippen molar-refractivity contribution < 1.29 is 42.3 Å². The Kier molecular flexibility index (Phi) is 17.8. The lowest BCUT2D eigenvalue weighted by Gasteiger charge is -2.15. The fraction of sp³-hybridized carbons (Fsp3) is 0.333. The topological polar surface area (TPSA) is 137 Å². The maximum Gasteiger partial charge on any atom is 0.163 e. The Morgan fingerprint density at radius 1 is 0.635 bits per heavy atom. The second kappa shape index (κ2) is 22.2. The van der Waals surface area contributed by atoms with Crippen LogP contribution in [0.5, 0.6) is 23.0 Å². The summed E-state index contributed by atoms with van der Waals surface area (Å²) in [6, 6.07) is 11.6. The molecule has 16 heteroatoms. The number of hydrogen-bond donors (Lipinski definition) is 1. The van der Waals surface area contributed by atoms with Crippen LogP contribution in [0.2, 0.25) is 5.15 Å². The minimum absolute atomic E-state index is 0. The van der Waals surface area contributed by atoms with Crippen LogP contribution < -0.4 is 24.3 Å². The van der Waals surface area contributed by atoms with Crippen molar-refractivity contribution in [3.8, 4) is 35.3 Å². The van der Waals surface area contributed by atoms with E-state index in [1.165, 1.54) is 18.7 Å². The summed E-state index contributed by atoms with van der Waals surface area (Å²) in [4.78, 5) is 16.8. The summed E-state index contributed by atoms with van der Waals surface area (Å²) >= 11 is 6.08.